The van der Waals surface area contributed by atoms with Gasteiger partial charge in [0.25, 0.3) is 0 Å². The maximum absolute atomic E-state index is 12.6. The van der Waals surface area contributed by atoms with E-state index in [0.717, 1.165) is 12.6 Å². The molecule has 1 atom stereocenters. The van der Waals surface area contributed by atoms with E-state index < -0.39 is 20.9 Å². The van der Waals surface area contributed by atoms with Crippen molar-refractivity contribution in [3.8, 4) is 0 Å². The van der Waals surface area contributed by atoms with Gasteiger partial charge in [-0.15, -0.1) is 0 Å². The minimum absolute atomic E-state index is 0.151. The summed E-state index contributed by atoms with van der Waals surface area (Å²) in [6, 6.07) is 2.62. The molecule has 6 heteroatoms. The molecule has 0 N–H and O–H groups in total. The van der Waals surface area contributed by atoms with Gasteiger partial charge in [0, 0.05) is 6.61 Å². The van der Waals surface area contributed by atoms with Crippen LogP contribution in [0.2, 0.25) is 0 Å². The Morgan fingerprint density at radius 3 is 2.88 bits per heavy atom. The van der Waals surface area contributed by atoms with Crippen molar-refractivity contribution in [1.29, 1.82) is 0 Å². The van der Waals surface area contributed by atoms with Gasteiger partial charge in [-0.05, 0) is 25.0 Å². The molecule has 1 aliphatic rings. The third-order valence-electron chi connectivity index (χ3n) is 2.76. The van der Waals surface area contributed by atoms with E-state index in [1.807, 2.05) is 0 Å². The van der Waals surface area contributed by atoms with Gasteiger partial charge in [-0.2, -0.15) is 0 Å². The molecular formula is C11H14FNO3S. The number of rotatable bonds is 3. The Bertz CT molecular complexity index is 466. The van der Waals surface area contributed by atoms with Crippen molar-refractivity contribution in [1.82, 2.24) is 4.98 Å². The van der Waals surface area contributed by atoms with E-state index in [1.54, 1.807) is 0 Å². The Morgan fingerprint density at radius 2 is 2.29 bits per heavy atom. The predicted molar refractivity (Wildman–Crippen MR) is 60.7 cm³/mol. The third kappa shape index (κ3) is 3.23. The summed E-state index contributed by atoms with van der Waals surface area (Å²) in [6.45, 7) is 0.879. The van der Waals surface area contributed by atoms with Gasteiger partial charge in [-0.1, -0.05) is 0 Å². The number of nitrogens with zero attached hydrogens (tertiary/aromatic N) is 1. The van der Waals surface area contributed by atoms with E-state index in [1.165, 1.54) is 12.1 Å². The molecule has 0 spiro atoms. The van der Waals surface area contributed by atoms with Gasteiger partial charge in [-0.3, -0.25) is 4.98 Å². The number of pyridine rings is 1. The molecule has 0 saturated carbocycles. The highest BCUT2D eigenvalue weighted by atomic mass is 32.2. The molecule has 2 rings (SSSR count). The van der Waals surface area contributed by atoms with Crippen LogP contribution in [0.3, 0.4) is 0 Å². The van der Waals surface area contributed by atoms with E-state index in [2.05, 4.69) is 4.98 Å². The number of ether oxygens (including phenoxy) is 1. The lowest BCUT2D eigenvalue weighted by molar-refractivity contribution is 0.0990. The SMILES string of the molecule is O=S(=O)(Cc1ccc(F)cn1)C1CCCOC1. The molecule has 1 unspecified atom stereocenters. The fourth-order valence-electron chi connectivity index (χ4n) is 1.81. The second-order valence-electron chi connectivity index (χ2n) is 4.11. The van der Waals surface area contributed by atoms with E-state index in [-0.39, 0.29) is 12.4 Å². The zero-order valence-corrected chi connectivity index (χ0v) is 10.1. The van der Waals surface area contributed by atoms with E-state index >= 15 is 0 Å². The maximum atomic E-state index is 12.6. The zero-order chi connectivity index (χ0) is 12.3. The van der Waals surface area contributed by atoms with Gasteiger partial charge in [-0.25, -0.2) is 12.8 Å². The summed E-state index contributed by atoms with van der Waals surface area (Å²) in [7, 11) is -3.26. The van der Waals surface area contributed by atoms with Crippen molar-refractivity contribution in [3.05, 3.63) is 29.8 Å². The van der Waals surface area contributed by atoms with Gasteiger partial charge >= 0.3 is 0 Å². The lowest BCUT2D eigenvalue weighted by Gasteiger charge is -2.21. The normalized spacial score (nSPS) is 21.4. The lowest BCUT2D eigenvalue weighted by Crippen LogP contribution is -2.32. The summed E-state index contributed by atoms with van der Waals surface area (Å²) < 4.78 is 41.9. The third-order valence-corrected chi connectivity index (χ3v) is 4.85. The first-order valence-corrected chi connectivity index (χ1v) is 7.19. The molecular weight excluding hydrogens is 245 g/mol. The average Bonchev–Trinajstić information content (AvgIpc) is 2.33. The highest BCUT2D eigenvalue weighted by Gasteiger charge is 2.28. The molecule has 1 aromatic rings. The summed E-state index contributed by atoms with van der Waals surface area (Å²) in [5.74, 6) is -0.617. The standard InChI is InChI=1S/C11H14FNO3S/c12-9-3-4-10(13-6-9)8-17(14,15)11-2-1-5-16-7-11/h3-4,6,11H,1-2,5,7-8H2. The van der Waals surface area contributed by atoms with Crippen LogP contribution in [0, 0.1) is 5.82 Å². The Kier molecular flexibility index (Phi) is 3.73. The molecule has 1 aliphatic heterocycles. The first kappa shape index (κ1) is 12.4. The smallest absolute Gasteiger partial charge is 0.161 e. The molecule has 1 aromatic heterocycles. The minimum atomic E-state index is -3.26. The van der Waals surface area contributed by atoms with Crippen LogP contribution in [0.15, 0.2) is 18.3 Å². The first-order chi connectivity index (χ1) is 8.08. The topological polar surface area (TPSA) is 56.3 Å². The van der Waals surface area contributed by atoms with Crippen molar-refractivity contribution in [2.24, 2.45) is 0 Å². The highest BCUT2D eigenvalue weighted by molar-refractivity contribution is 7.91. The average molecular weight is 259 g/mol. The summed E-state index contributed by atoms with van der Waals surface area (Å²) >= 11 is 0. The van der Waals surface area contributed by atoms with Crippen LogP contribution in [0.25, 0.3) is 0 Å². The molecule has 94 valence electrons. The molecule has 2 heterocycles. The molecule has 1 saturated heterocycles. The van der Waals surface area contributed by atoms with Gasteiger partial charge < -0.3 is 4.74 Å². The largest absolute Gasteiger partial charge is 0.380 e. The fraction of sp³-hybridized carbons (Fsp3) is 0.545. The number of hydrogen-bond acceptors (Lipinski definition) is 4. The summed E-state index contributed by atoms with van der Waals surface area (Å²) in [5.41, 5.74) is 0.372. The maximum Gasteiger partial charge on any atom is 0.161 e. The first-order valence-electron chi connectivity index (χ1n) is 5.48. The molecule has 0 aromatic carbocycles. The Labute approximate surface area is 99.7 Å². The quantitative estimate of drug-likeness (QED) is 0.821. The van der Waals surface area contributed by atoms with Crippen LogP contribution in [0.4, 0.5) is 4.39 Å². The molecule has 0 amide bonds. The van der Waals surface area contributed by atoms with Gasteiger partial charge in [0.05, 0.1) is 29.5 Å². The molecule has 0 aliphatic carbocycles. The Morgan fingerprint density at radius 1 is 1.47 bits per heavy atom. The monoisotopic (exact) mass is 259 g/mol. The molecule has 0 bridgehead atoms. The molecule has 1 fully saturated rings. The lowest BCUT2D eigenvalue weighted by atomic mass is 10.2. The van der Waals surface area contributed by atoms with Gasteiger partial charge in [0.2, 0.25) is 0 Å². The highest BCUT2D eigenvalue weighted by Crippen LogP contribution is 2.18. The van der Waals surface area contributed by atoms with Crippen molar-refractivity contribution in [2.45, 2.75) is 23.8 Å². The summed E-state index contributed by atoms with van der Waals surface area (Å²) in [6.07, 6.45) is 2.42. The summed E-state index contributed by atoms with van der Waals surface area (Å²) in [5, 5.41) is -0.455. The van der Waals surface area contributed by atoms with Gasteiger partial charge in [0.15, 0.2) is 9.84 Å². The van der Waals surface area contributed by atoms with Crippen LogP contribution in [-0.4, -0.2) is 31.9 Å². The number of hydrogen-bond donors (Lipinski definition) is 0. The fourth-order valence-corrected chi connectivity index (χ4v) is 3.46. The number of halogens is 1. The summed E-state index contributed by atoms with van der Waals surface area (Å²) in [4.78, 5) is 3.76. The molecule has 4 nitrogen and oxygen atoms in total. The van der Waals surface area contributed by atoms with Crippen molar-refractivity contribution < 1.29 is 17.5 Å². The van der Waals surface area contributed by atoms with E-state index in [0.29, 0.717) is 18.7 Å². The predicted octanol–water partition coefficient (Wildman–Crippen LogP) is 1.31. The van der Waals surface area contributed by atoms with Crippen LogP contribution in [-0.2, 0) is 20.3 Å². The van der Waals surface area contributed by atoms with Gasteiger partial charge in [0.1, 0.15) is 5.82 Å². The second-order valence-corrected chi connectivity index (χ2v) is 6.40. The van der Waals surface area contributed by atoms with Crippen molar-refractivity contribution in [2.75, 3.05) is 13.2 Å². The van der Waals surface area contributed by atoms with E-state index in [9.17, 15) is 12.8 Å². The minimum Gasteiger partial charge on any atom is -0.380 e. The molecule has 17 heavy (non-hydrogen) atoms. The zero-order valence-electron chi connectivity index (χ0n) is 9.30. The van der Waals surface area contributed by atoms with E-state index in [4.69, 9.17) is 4.74 Å². The number of aromatic nitrogens is 1. The van der Waals surface area contributed by atoms with Crippen LogP contribution >= 0.6 is 0 Å². The second kappa shape index (κ2) is 5.10. The Hall–Kier alpha value is -1.01. The van der Waals surface area contributed by atoms with Crippen molar-refractivity contribution in [3.63, 3.8) is 0 Å². The van der Waals surface area contributed by atoms with Crippen molar-refractivity contribution >= 4 is 9.84 Å². The number of sulfone groups is 1. The van der Waals surface area contributed by atoms with Crippen LogP contribution in [0.5, 0.6) is 0 Å². The van der Waals surface area contributed by atoms with Crippen LogP contribution < -0.4 is 0 Å². The molecule has 0 radical (unpaired) electrons. The van der Waals surface area contributed by atoms with Crippen LogP contribution in [0.1, 0.15) is 18.5 Å². The Balaban J connectivity index is 2.08.